The molecule has 0 bridgehead atoms. The molecule has 2 aromatic heterocycles. The second-order valence-corrected chi connectivity index (χ2v) is 9.24. The maximum absolute atomic E-state index is 16.1. The first-order valence-corrected chi connectivity index (χ1v) is 11.4. The predicted octanol–water partition coefficient (Wildman–Crippen LogP) is 1.11. The summed E-state index contributed by atoms with van der Waals surface area (Å²) in [4.78, 5) is 24.0. The third kappa shape index (κ3) is 3.82. The number of aromatic nitrogens is 4. The number of hydrogen-bond donors (Lipinski definition) is 2. The van der Waals surface area contributed by atoms with E-state index in [4.69, 9.17) is 24.3 Å². The van der Waals surface area contributed by atoms with Gasteiger partial charge in [-0.2, -0.15) is 9.97 Å². The van der Waals surface area contributed by atoms with Gasteiger partial charge in [0.2, 0.25) is 11.8 Å². The van der Waals surface area contributed by atoms with Crippen LogP contribution in [0.15, 0.2) is 6.33 Å². The second-order valence-electron chi connectivity index (χ2n) is 7.52. The van der Waals surface area contributed by atoms with Crippen molar-refractivity contribution in [3.63, 3.8) is 0 Å². The molecule has 2 saturated heterocycles. The van der Waals surface area contributed by atoms with Crippen LogP contribution < -0.4 is 15.6 Å². The molecular formula is C17H24FN6O7P. The number of esters is 1. The van der Waals surface area contributed by atoms with Crippen LogP contribution >= 0.6 is 7.75 Å². The number of fused-ring (bicyclic) bond motifs is 2. The summed E-state index contributed by atoms with van der Waals surface area (Å²) in [6.45, 7) is 4.54. The number of carbonyl (C=O) groups is 1. The van der Waals surface area contributed by atoms with E-state index in [9.17, 15) is 9.36 Å². The topological polar surface area (TPSA) is 162 Å². The first kappa shape index (κ1) is 22.8. The van der Waals surface area contributed by atoms with E-state index in [-0.39, 0.29) is 29.6 Å². The Labute approximate surface area is 182 Å². The van der Waals surface area contributed by atoms with Crippen molar-refractivity contribution in [1.82, 2.24) is 24.6 Å². The molecular weight excluding hydrogens is 450 g/mol. The largest absolute Gasteiger partial charge is 0.476 e. The van der Waals surface area contributed by atoms with Crippen molar-refractivity contribution in [2.75, 3.05) is 26.1 Å². The van der Waals surface area contributed by atoms with E-state index in [1.165, 1.54) is 31.9 Å². The maximum atomic E-state index is 16.1. The molecule has 15 heteroatoms. The van der Waals surface area contributed by atoms with Gasteiger partial charge >= 0.3 is 13.7 Å². The quantitative estimate of drug-likeness (QED) is 0.454. The number of nitrogen functional groups attached to an aromatic ring is 1. The number of methoxy groups -OCH3 is 1. The Kier molecular flexibility index (Phi) is 5.84. The van der Waals surface area contributed by atoms with Gasteiger partial charge in [-0.25, -0.2) is 19.0 Å². The number of halogens is 1. The fourth-order valence-electron chi connectivity index (χ4n) is 3.71. The number of ether oxygens (including phenoxy) is 3. The Morgan fingerprint density at radius 2 is 2.28 bits per heavy atom. The van der Waals surface area contributed by atoms with E-state index >= 15 is 4.39 Å². The van der Waals surface area contributed by atoms with Crippen LogP contribution in [0.5, 0.6) is 5.88 Å². The summed E-state index contributed by atoms with van der Waals surface area (Å²) in [5.41, 5.74) is 4.09. The minimum absolute atomic E-state index is 0.0799. The van der Waals surface area contributed by atoms with Crippen LogP contribution in [0.3, 0.4) is 0 Å². The predicted molar refractivity (Wildman–Crippen MR) is 107 cm³/mol. The molecule has 1 unspecified atom stereocenters. The number of nitrogens with two attached hydrogens (primary N) is 1. The first-order valence-electron chi connectivity index (χ1n) is 9.85. The number of hydrogen-bond acceptors (Lipinski definition) is 11. The molecule has 6 atom stereocenters. The molecule has 0 amide bonds. The van der Waals surface area contributed by atoms with Gasteiger partial charge < -0.3 is 19.9 Å². The van der Waals surface area contributed by atoms with Crippen molar-refractivity contribution >= 4 is 30.8 Å². The van der Waals surface area contributed by atoms with Crippen LogP contribution in [0.1, 0.15) is 27.0 Å². The second kappa shape index (κ2) is 8.19. The molecule has 0 spiro atoms. The summed E-state index contributed by atoms with van der Waals surface area (Å²) in [6, 6.07) is -0.999. The number of nitrogens with one attached hydrogen (secondary N) is 1. The Bertz CT molecular complexity index is 1080. The van der Waals surface area contributed by atoms with Crippen LogP contribution in [0.2, 0.25) is 0 Å². The van der Waals surface area contributed by atoms with Gasteiger partial charge in [-0.15, -0.1) is 0 Å². The Morgan fingerprint density at radius 3 is 2.97 bits per heavy atom. The fourth-order valence-corrected chi connectivity index (χ4v) is 5.47. The van der Waals surface area contributed by atoms with Crippen molar-refractivity contribution < 1.29 is 37.0 Å². The monoisotopic (exact) mass is 474 g/mol. The number of imidazole rings is 1. The SMILES string of the molecule is CCOc1nc(N)nc2c1ncn2[C@@H]1O[C@@H]2COP(=O)(N[C@@H](C)C(=O)OC)O[C@H]2[C@@]1(C)F. The molecule has 0 aromatic carbocycles. The highest BCUT2D eigenvalue weighted by molar-refractivity contribution is 7.51. The highest BCUT2D eigenvalue weighted by atomic mass is 31.2. The molecule has 32 heavy (non-hydrogen) atoms. The summed E-state index contributed by atoms with van der Waals surface area (Å²) in [6.07, 6.45) is -2.07. The summed E-state index contributed by atoms with van der Waals surface area (Å²) >= 11 is 0. The van der Waals surface area contributed by atoms with Gasteiger partial charge in [0.15, 0.2) is 23.1 Å². The lowest BCUT2D eigenvalue weighted by Gasteiger charge is -2.35. The van der Waals surface area contributed by atoms with Gasteiger partial charge in [0.25, 0.3) is 0 Å². The smallest absolute Gasteiger partial charge is 0.406 e. The number of carbonyl (C=O) groups excluding carboxylic acids is 1. The normalized spacial score (nSPS) is 33.1. The van der Waals surface area contributed by atoms with Gasteiger partial charge in [-0.3, -0.25) is 18.4 Å². The zero-order valence-corrected chi connectivity index (χ0v) is 18.7. The summed E-state index contributed by atoms with van der Waals surface area (Å²) in [7, 11) is -2.84. The van der Waals surface area contributed by atoms with Gasteiger partial charge in [0.1, 0.15) is 18.2 Å². The van der Waals surface area contributed by atoms with E-state index < -0.39 is 43.9 Å². The zero-order chi connectivity index (χ0) is 23.3. The molecule has 0 aliphatic carbocycles. The molecule has 2 aliphatic rings. The van der Waals surface area contributed by atoms with Crippen molar-refractivity contribution in [1.29, 1.82) is 0 Å². The van der Waals surface area contributed by atoms with Crippen LogP contribution in [-0.4, -0.2) is 69.7 Å². The number of nitrogens with zero attached hydrogens (tertiary/aromatic N) is 4. The Balaban J connectivity index is 1.63. The van der Waals surface area contributed by atoms with Crippen molar-refractivity contribution in [2.24, 2.45) is 0 Å². The van der Waals surface area contributed by atoms with E-state index in [1.54, 1.807) is 6.92 Å². The number of anilines is 1. The van der Waals surface area contributed by atoms with Crippen molar-refractivity contribution in [3.8, 4) is 5.88 Å². The minimum atomic E-state index is -4.02. The third-order valence-electron chi connectivity index (χ3n) is 5.19. The molecule has 4 rings (SSSR count). The molecule has 13 nitrogen and oxygen atoms in total. The van der Waals surface area contributed by atoms with Gasteiger partial charge in [-0.05, 0) is 20.8 Å². The van der Waals surface area contributed by atoms with Crippen LogP contribution in [-0.2, 0) is 27.9 Å². The summed E-state index contributed by atoms with van der Waals surface area (Å²) < 4.78 is 57.1. The van der Waals surface area contributed by atoms with Crippen LogP contribution in [0.4, 0.5) is 10.3 Å². The maximum Gasteiger partial charge on any atom is 0.406 e. The Morgan fingerprint density at radius 1 is 1.53 bits per heavy atom. The summed E-state index contributed by atoms with van der Waals surface area (Å²) in [5, 5.41) is 2.45. The molecule has 2 fully saturated rings. The van der Waals surface area contributed by atoms with Crippen LogP contribution in [0.25, 0.3) is 11.2 Å². The Hall–Kier alpha value is -2.38. The van der Waals surface area contributed by atoms with Crippen molar-refractivity contribution in [3.05, 3.63) is 6.33 Å². The van der Waals surface area contributed by atoms with Crippen molar-refractivity contribution in [2.45, 2.75) is 50.9 Å². The highest BCUT2D eigenvalue weighted by Crippen LogP contribution is 2.57. The molecule has 4 heterocycles. The lowest BCUT2D eigenvalue weighted by atomic mass is 9.98. The molecule has 2 aromatic rings. The molecule has 176 valence electrons. The lowest BCUT2D eigenvalue weighted by Crippen LogP contribution is -2.47. The van der Waals surface area contributed by atoms with Gasteiger partial charge in [-0.1, -0.05) is 0 Å². The first-order chi connectivity index (χ1) is 15.1. The molecule has 2 aliphatic heterocycles. The molecule has 0 radical (unpaired) electrons. The van der Waals surface area contributed by atoms with E-state index in [0.717, 1.165) is 0 Å². The molecule has 3 N–H and O–H groups in total. The van der Waals surface area contributed by atoms with Gasteiger partial charge in [0, 0.05) is 0 Å². The molecule has 0 saturated carbocycles. The van der Waals surface area contributed by atoms with E-state index in [2.05, 4.69) is 24.8 Å². The highest BCUT2D eigenvalue weighted by Gasteiger charge is 2.61. The standard InChI is InChI=1S/C17H24FN6O7P/c1-5-28-13-10-12(21-16(19)22-13)24(7-20-10)15-17(3,18)11-9(30-15)6-29-32(26,31-11)23-8(2)14(25)27-4/h7-9,11,15H,5-6H2,1-4H3,(H,23,26)(H2,19,21,22)/t8-,9+,11+,15+,17+,32?/m0/s1. The third-order valence-corrected chi connectivity index (χ3v) is 6.89. The minimum Gasteiger partial charge on any atom is -0.476 e. The number of rotatable bonds is 6. The van der Waals surface area contributed by atoms with Gasteiger partial charge in [0.05, 0.1) is 26.7 Å². The summed E-state index contributed by atoms with van der Waals surface area (Å²) in [5.74, 6) is -0.594. The van der Waals surface area contributed by atoms with E-state index in [0.29, 0.717) is 6.61 Å². The van der Waals surface area contributed by atoms with E-state index in [1.807, 2.05) is 0 Å². The lowest BCUT2D eigenvalue weighted by molar-refractivity contribution is -0.142. The average molecular weight is 474 g/mol. The fraction of sp³-hybridized carbons (Fsp3) is 0.647. The zero-order valence-electron chi connectivity index (χ0n) is 17.9. The van der Waals surface area contributed by atoms with Crippen LogP contribution in [0, 0.1) is 0 Å². The average Bonchev–Trinajstić information content (AvgIpc) is 3.25. The number of alkyl halides is 1.